The predicted octanol–water partition coefficient (Wildman–Crippen LogP) is 1.23. The zero-order chi connectivity index (χ0) is 5.70. The van der Waals surface area contributed by atoms with Crippen LogP contribution < -0.4 is 0 Å². The molecule has 0 aliphatic carbocycles. The van der Waals surface area contributed by atoms with Crippen molar-refractivity contribution in [3.8, 4) is 0 Å². The summed E-state index contributed by atoms with van der Waals surface area (Å²) in [6.07, 6.45) is 2.93. The molecule has 0 aromatic carbocycles. The normalized spacial score (nSPS) is 10.3. The topological polar surface area (TPSA) is 20.2 Å². The van der Waals surface area contributed by atoms with Crippen LogP contribution in [-0.2, 0) is 0 Å². The molecular formula is C6H13O. The Morgan fingerprint density at radius 1 is 1.57 bits per heavy atom. The molecule has 0 amide bonds. The van der Waals surface area contributed by atoms with Gasteiger partial charge in [0.05, 0.1) is 0 Å². The van der Waals surface area contributed by atoms with Gasteiger partial charge in [-0.05, 0) is 18.8 Å². The number of hydrogen-bond acceptors (Lipinski definition) is 1. The van der Waals surface area contributed by atoms with Gasteiger partial charge in [0.2, 0.25) is 0 Å². The van der Waals surface area contributed by atoms with E-state index in [1.807, 2.05) is 0 Å². The summed E-state index contributed by atoms with van der Waals surface area (Å²) in [6, 6.07) is 0. The van der Waals surface area contributed by atoms with Gasteiger partial charge in [0.1, 0.15) is 0 Å². The molecule has 1 heteroatoms. The Kier molecular flexibility index (Phi) is 4.10. The third-order valence-corrected chi connectivity index (χ3v) is 0.767. The van der Waals surface area contributed by atoms with Crippen LogP contribution in [0.25, 0.3) is 0 Å². The molecule has 0 unspecified atom stereocenters. The summed E-state index contributed by atoms with van der Waals surface area (Å²) >= 11 is 0. The molecule has 0 heterocycles. The molecule has 0 saturated carbocycles. The van der Waals surface area contributed by atoms with Gasteiger partial charge >= 0.3 is 0 Å². The number of rotatable bonds is 3. The summed E-state index contributed by atoms with van der Waals surface area (Å²) in [5, 5.41) is 8.28. The van der Waals surface area contributed by atoms with E-state index in [0.29, 0.717) is 5.92 Å². The lowest BCUT2D eigenvalue weighted by molar-refractivity contribution is 0.294. The average molecular weight is 101 g/mol. The Hall–Kier alpha value is -0.0400. The highest BCUT2D eigenvalue weighted by atomic mass is 16.2. The van der Waals surface area contributed by atoms with Gasteiger partial charge in [0.15, 0.2) is 0 Å². The number of aliphatic hydroxyl groups excluding tert-OH is 1. The molecule has 0 bridgehead atoms. The molecule has 0 aromatic rings. The van der Waals surface area contributed by atoms with Crippen LogP contribution in [0.5, 0.6) is 0 Å². The fourth-order valence-corrected chi connectivity index (χ4v) is 0.408. The molecule has 1 N–H and O–H groups in total. The van der Waals surface area contributed by atoms with Crippen molar-refractivity contribution in [3.63, 3.8) is 0 Å². The van der Waals surface area contributed by atoms with E-state index >= 15 is 0 Å². The van der Waals surface area contributed by atoms with E-state index in [1.165, 1.54) is 0 Å². The minimum Gasteiger partial charge on any atom is -0.396 e. The average Bonchev–Trinajstić information content (AvgIpc) is 1.61. The zero-order valence-corrected chi connectivity index (χ0v) is 5.02. The van der Waals surface area contributed by atoms with Crippen molar-refractivity contribution in [2.45, 2.75) is 20.3 Å². The molecule has 0 aliphatic heterocycles. The first-order valence-corrected chi connectivity index (χ1v) is 2.71. The van der Waals surface area contributed by atoms with Crippen molar-refractivity contribution in [1.82, 2.24) is 0 Å². The van der Waals surface area contributed by atoms with Crippen molar-refractivity contribution in [1.29, 1.82) is 0 Å². The maximum Gasteiger partial charge on any atom is 0.0433 e. The second-order valence-electron chi connectivity index (χ2n) is 1.99. The van der Waals surface area contributed by atoms with Crippen LogP contribution in [0.1, 0.15) is 20.3 Å². The van der Waals surface area contributed by atoms with Crippen molar-refractivity contribution >= 4 is 0 Å². The maximum absolute atomic E-state index is 8.28. The first-order chi connectivity index (χ1) is 3.27. The van der Waals surface area contributed by atoms with Gasteiger partial charge in [-0.3, -0.25) is 0 Å². The summed E-state index contributed by atoms with van der Waals surface area (Å²) in [5.41, 5.74) is 0. The van der Waals surface area contributed by atoms with Gasteiger partial charge < -0.3 is 5.11 Å². The molecule has 0 spiro atoms. The number of aliphatic hydroxyl groups is 1. The highest BCUT2D eigenvalue weighted by Crippen LogP contribution is 1.99. The van der Waals surface area contributed by atoms with Crippen molar-refractivity contribution < 1.29 is 5.11 Å². The lowest BCUT2D eigenvalue weighted by atomic mass is 10.1. The Bertz CT molecular complexity index is 33.2. The van der Waals surface area contributed by atoms with Crippen LogP contribution in [0.2, 0.25) is 0 Å². The van der Waals surface area contributed by atoms with Gasteiger partial charge in [-0.2, -0.15) is 0 Å². The summed E-state index contributed by atoms with van der Waals surface area (Å²) in [7, 11) is 0. The fraction of sp³-hybridized carbons (Fsp3) is 0.833. The summed E-state index contributed by atoms with van der Waals surface area (Å²) in [4.78, 5) is 0. The van der Waals surface area contributed by atoms with E-state index in [-0.39, 0.29) is 6.61 Å². The monoisotopic (exact) mass is 101 g/mol. The third-order valence-electron chi connectivity index (χ3n) is 0.767. The minimum absolute atomic E-state index is 0.290. The quantitative estimate of drug-likeness (QED) is 0.567. The SMILES string of the molecule is CC(C)[CH]CCO. The standard InChI is InChI=1S/C6H13O/c1-6(2)4-3-5-7/h4,6-7H,3,5H2,1-2H3. The molecule has 0 saturated heterocycles. The first-order valence-electron chi connectivity index (χ1n) is 2.71. The predicted molar refractivity (Wildman–Crippen MR) is 30.8 cm³/mol. The van der Waals surface area contributed by atoms with Crippen LogP contribution in [0.15, 0.2) is 0 Å². The van der Waals surface area contributed by atoms with E-state index < -0.39 is 0 Å². The molecule has 0 fully saturated rings. The lowest BCUT2D eigenvalue weighted by Crippen LogP contribution is -1.90. The van der Waals surface area contributed by atoms with E-state index in [2.05, 4.69) is 20.3 Å². The van der Waals surface area contributed by atoms with Gasteiger partial charge in [-0.15, -0.1) is 0 Å². The lowest BCUT2D eigenvalue weighted by Gasteiger charge is -1.97. The first kappa shape index (κ1) is 6.96. The highest BCUT2D eigenvalue weighted by molar-refractivity contribution is 4.66. The highest BCUT2D eigenvalue weighted by Gasteiger charge is 1.89. The molecule has 43 valence electrons. The number of hydrogen-bond donors (Lipinski definition) is 1. The molecule has 0 aliphatic rings. The summed E-state index contributed by atoms with van der Waals surface area (Å²) < 4.78 is 0. The van der Waals surface area contributed by atoms with Gasteiger partial charge in [-0.25, -0.2) is 0 Å². The van der Waals surface area contributed by atoms with Gasteiger partial charge in [-0.1, -0.05) is 13.8 Å². The van der Waals surface area contributed by atoms with Crippen molar-refractivity contribution in [3.05, 3.63) is 6.42 Å². The van der Waals surface area contributed by atoms with Gasteiger partial charge in [0, 0.05) is 6.61 Å². The Morgan fingerprint density at radius 2 is 2.14 bits per heavy atom. The zero-order valence-electron chi connectivity index (χ0n) is 5.02. The fourth-order valence-electron chi connectivity index (χ4n) is 0.408. The van der Waals surface area contributed by atoms with Crippen molar-refractivity contribution in [2.24, 2.45) is 5.92 Å². The molecule has 1 nitrogen and oxygen atoms in total. The van der Waals surface area contributed by atoms with Crippen LogP contribution in [0, 0.1) is 12.3 Å². The second-order valence-corrected chi connectivity index (χ2v) is 1.99. The van der Waals surface area contributed by atoms with Gasteiger partial charge in [0.25, 0.3) is 0 Å². The largest absolute Gasteiger partial charge is 0.396 e. The molecule has 0 atom stereocenters. The molecule has 0 rings (SSSR count). The summed E-state index contributed by atoms with van der Waals surface area (Å²) in [5.74, 6) is 0.618. The van der Waals surface area contributed by atoms with Crippen LogP contribution in [-0.4, -0.2) is 11.7 Å². The maximum atomic E-state index is 8.28. The smallest absolute Gasteiger partial charge is 0.0433 e. The molecule has 1 radical (unpaired) electrons. The second kappa shape index (κ2) is 4.13. The van der Waals surface area contributed by atoms with Crippen LogP contribution in [0.3, 0.4) is 0 Å². The van der Waals surface area contributed by atoms with E-state index in [9.17, 15) is 0 Å². The minimum atomic E-state index is 0.290. The summed E-state index contributed by atoms with van der Waals surface area (Å²) in [6.45, 7) is 4.50. The van der Waals surface area contributed by atoms with Crippen LogP contribution >= 0.6 is 0 Å². The molecular weight excluding hydrogens is 88.1 g/mol. The van der Waals surface area contributed by atoms with E-state index in [4.69, 9.17) is 5.11 Å². The Balaban J connectivity index is 2.68. The Morgan fingerprint density at radius 3 is 2.29 bits per heavy atom. The van der Waals surface area contributed by atoms with E-state index in [1.54, 1.807) is 0 Å². The van der Waals surface area contributed by atoms with Crippen LogP contribution in [0.4, 0.5) is 0 Å². The van der Waals surface area contributed by atoms with Crippen molar-refractivity contribution in [2.75, 3.05) is 6.61 Å². The third kappa shape index (κ3) is 5.96. The van der Waals surface area contributed by atoms with E-state index in [0.717, 1.165) is 6.42 Å². The Labute approximate surface area is 45.4 Å². The molecule has 7 heavy (non-hydrogen) atoms. The molecule has 0 aromatic heterocycles.